The van der Waals surface area contributed by atoms with Crippen LogP contribution in [0.1, 0.15) is 40.0 Å². The average Bonchev–Trinajstić information content (AvgIpc) is 3.43. The first-order valence-electron chi connectivity index (χ1n) is 12.2. The van der Waals surface area contributed by atoms with Crippen molar-refractivity contribution in [3.05, 3.63) is 76.5 Å². The van der Waals surface area contributed by atoms with Gasteiger partial charge in [-0.25, -0.2) is 5.84 Å². The van der Waals surface area contributed by atoms with Gasteiger partial charge in [-0.05, 0) is 50.1 Å². The number of nitrogens with two attached hydrogens (primary N) is 3. The summed E-state index contributed by atoms with van der Waals surface area (Å²) in [6.45, 7) is 4.77. The molecule has 0 saturated carbocycles. The summed E-state index contributed by atoms with van der Waals surface area (Å²) in [6, 6.07) is 4.79. The van der Waals surface area contributed by atoms with E-state index in [4.69, 9.17) is 17.3 Å². The van der Waals surface area contributed by atoms with Crippen LogP contribution in [-0.2, 0) is 7.05 Å². The predicted molar refractivity (Wildman–Crippen MR) is 140 cm³/mol. The zero-order valence-corrected chi connectivity index (χ0v) is 21.6. The highest BCUT2D eigenvalue weighted by Gasteiger charge is 2.41. The molecule has 4 rings (SSSR count). The number of carbonyl (C=O) groups is 1. The first-order chi connectivity index (χ1) is 17.8. The van der Waals surface area contributed by atoms with Crippen LogP contribution >= 0.6 is 0 Å². The second-order valence-corrected chi connectivity index (χ2v) is 9.82. The second kappa shape index (κ2) is 10.5. The van der Waals surface area contributed by atoms with E-state index in [-0.39, 0.29) is 23.7 Å². The molecule has 1 aliphatic carbocycles. The molecule has 2 aliphatic rings. The van der Waals surface area contributed by atoms with Gasteiger partial charge >= 0.3 is 6.18 Å². The third kappa shape index (κ3) is 5.86. The number of alkyl halides is 3. The molecular formula is C26H33F3N8O. The van der Waals surface area contributed by atoms with E-state index in [0.717, 1.165) is 22.9 Å². The number of hydrogen-bond donors (Lipinski definition) is 4. The van der Waals surface area contributed by atoms with Crippen molar-refractivity contribution in [1.82, 2.24) is 20.0 Å². The molecule has 0 radical (unpaired) electrons. The monoisotopic (exact) mass is 530 g/mol. The van der Waals surface area contributed by atoms with Gasteiger partial charge in [0.2, 0.25) is 0 Å². The number of aromatic nitrogens is 2. The first-order valence-corrected chi connectivity index (χ1v) is 12.2. The summed E-state index contributed by atoms with van der Waals surface area (Å²) in [4.78, 5) is 15.0. The van der Waals surface area contributed by atoms with Crippen LogP contribution in [0.5, 0.6) is 0 Å². The Bertz CT molecular complexity index is 1310. The van der Waals surface area contributed by atoms with E-state index >= 15 is 0 Å². The number of anilines is 1. The Morgan fingerprint density at radius 1 is 1.29 bits per heavy atom. The van der Waals surface area contributed by atoms with Crippen LogP contribution < -0.4 is 27.6 Å². The standard InChI is InChI=1S/C26H33F3N8O/c1-15-4-5-17(8-24(15)37(32)14-23(31)22-12-33-35(3)16(22)2)25(38)34-20-9-18(26(27,28)29)10-21(11-20)36-7-6-19(30)13-36/h4-5,8-9,11-12,14,18-19H,6-7,10,13,30-32H2,1-3H3,(H,34,38)/b23-14-. The lowest BCUT2D eigenvalue weighted by atomic mass is 9.95. The number of benzene rings is 1. The number of carbonyl (C=O) groups excluding carboxylic acids is 1. The predicted octanol–water partition coefficient (Wildman–Crippen LogP) is 2.79. The number of nitrogens with zero attached hydrogens (tertiary/aromatic N) is 4. The molecule has 2 unspecified atom stereocenters. The quantitative estimate of drug-likeness (QED) is 0.334. The zero-order valence-electron chi connectivity index (χ0n) is 21.6. The molecule has 0 spiro atoms. The maximum Gasteiger partial charge on any atom is 0.395 e. The van der Waals surface area contributed by atoms with Gasteiger partial charge in [-0.2, -0.15) is 18.3 Å². The van der Waals surface area contributed by atoms with Crippen molar-refractivity contribution < 1.29 is 18.0 Å². The topological polar surface area (TPSA) is 131 Å². The molecule has 204 valence electrons. The van der Waals surface area contributed by atoms with E-state index in [1.54, 1.807) is 42.2 Å². The summed E-state index contributed by atoms with van der Waals surface area (Å²) in [7, 11) is 1.80. The average molecular weight is 531 g/mol. The molecule has 1 fully saturated rings. The van der Waals surface area contributed by atoms with E-state index in [1.165, 1.54) is 11.2 Å². The Kier molecular flexibility index (Phi) is 7.56. The van der Waals surface area contributed by atoms with E-state index in [0.29, 0.717) is 36.6 Å². The summed E-state index contributed by atoms with van der Waals surface area (Å²) in [5.74, 6) is 4.01. The zero-order chi connectivity index (χ0) is 27.8. The molecule has 2 aromatic rings. The molecule has 1 aromatic carbocycles. The lowest BCUT2D eigenvalue weighted by molar-refractivity contribution is -0.162. The fourth-order valence-electron chi connectivity index (χ4n) is 4.65. The molecule has 0 bridgehead atoms. The van der Waals surface area contributed by atoms with Gasteiger partial charge in [0.25, 0.3) is 5.91 Å². The summed E-state index contributed by atoms with van der Waals surface area (Å²) < 4.78 is 42.7. The Morgan fingerprint density at radius 2 is 2.03 bits per heavy atom. The van der Waals surface area contributed by atoms with Crippen molar-refractivity contribution in [3.63, 3.8) is 0 Å². The third-order valence-electron chi connectivity index (χ3n) is 7.02. The smallest absolute Gasteiger partial charge is 0.395 e. The fraction of sp³-hybridized carbons (Fsp3) is 0.385. The van der Waals surface area contributed by atoms with Gasteiger partial charge in [-0.3, -0.25) is 14.5 Å². The Labute approximate surface area is 219 Å². The van der Waals surface area contributed by atoms with Crippen LogP contribution in [-0.4, -0.2) is 45.9 Å². The summed E-state index contributed by atoms with van der Waals surface area (Å²) >= 11 is 0. The molecule has 1 saturated heterocycles. The van der Waals surface area contributed by atoms with Crippen LogP contribution in [0.4, 0.5) is 18.9 Å². The van der Waals surface area contributed by atoms with E-state index in [2.05, 4.69) is 10.4 Å². The number of nitrogens with one attached hydrogen (secondary N) is 1. The lowest BCUT2D eigenvalue weighted by Crippen LogP contribution is -2.34. The highest BCUT2D eigenvalue weighted by atomic mass is 19.4. The highest BCUT2D eigenvalue weighted by Crippen LogP contribution is 2.37. The maximum absolute atomic E-state index is 13.7. The van der Waals surface area contributed by atoms with E-state index < -0.39 is 18.0 Å². The summed E-state index contributed by atoms with van der Waals surface area (Å²) in [5.41, 5.74) is 16.3. The third-order valence-corrected chi connectivity index (χ3v) is 7.02. The number of hydrogen-bond acceptors (Lipinski definition) is 7. The number of rotatable bonds is 6. The minimum atomic E-state index is -4.44. The van der Waals surface area contributed by atoms with Crippen LogP contribution in [0, 0.1) is 19.8 Å². The number of aryl methyl sites for hydroxylation is 2. The largest absolute Gasteiger partial charge is 0.397 e. The molecule has 2 atom stereocenters. The van der Waals surface area contributed by atoms with Crippen molar-refractivity contribution >= 4 is 17.3 Å². The number of allylic oxidation sites excluding steroid dienone is 3. The van der Waals surface area contributed by atoms with Crippen LogP contribution in [0.25, 0.3) is 5.70 Å². The first kappa shape index (κ1) is 27.3. The molecule has 1 amide bonds. The molecule has 7 N–H and O–H groups in total. The SMILES string of the molecule is Cc1ccc(C(=O)NC2=CC(C(F)(F)F)CC(N3CCC(N)C3)=C2)cc1N(N)/C=C(\N)c1cnn(C)c1C. The van der Waals surface area contributed by atoms with Crippen molar-refractivity contribution in [1.29, 1.82) is 0 Å². The molecule has 12 heteroatoms. The highest BCUT2D eigenvalue weighted by molar-refractivity contribution is 5.96. The van der Waals surface area contributed by atoms with Crippen LogP contribution in [0.2, 0.25) is 0 Å². The molecule has 1 aliphatic heterocycles. The Balaban J connectivity index is 1.56. The number of amides is 1. The van der Waals surface area contributed by atoms with Crippen molar-refractivity contribution in [2.24, 2.45) is 30.3 Å². The van der Waals surface area contributed by atoms with E-state index in [9.17, 15) is 18.0 Å². The van der Waals surface area contributed by atoms with Crippen molar-refractivity contribution in [2.45, 2.75) is 38.9 Å². The normalized spacial score (nSPS) is 20.3. The Morgan fingerprint density at radius 3 is 2.63 bits per heavy atom. The lowest BCUT2D eigenvalue weighted by Gasteiger charge is -2.30. The number of halogens is 3. The number of likely N-dealkylation sites (tertiary alicyclic amines) is 1. The van der Waals surface area contributed by atoms with Gasteiger partial charge in [0, 0.05) is 67.0 Å². The summed E-state index contributed by atoms with van der Waals surface area (Å²) in [6.07, 6.45) is 1.91. The molecule has 9 nitrogen and oxygen atoms in total. The molecule has 1 aromatic heterocycles. The molecular weight excluding hydrogens is 497 g/mol. The molecule has 2 heterocycles. The van der Waals surface area contributed by atoms with Crippen molar-refractivity contribution in [2.75, 3.05) is 18.1 Å². The van der Waals surface area contributed by atoms with Crippen LogP contribution in [0.15, 0.2) is 54.1 Å². The number of hydrazine groups is 1. The van der Waals surface area contributed by atoms with Gasteiger partial charge in [0.15, 0.2) is 0 Å². The van der Waals surface area contributed by atoms with Crippen LogP contribution in [0.3, 0.4) is 0 Å². The minimum absolute atomic E-state index is 0.0838. The van der Waals surface area contributed by atoms with E-state index in [1.807, 2.05) is 18.7 Å². The van der Waals surface area contributed by atoms with Gasteiger partial charge in [-0.15, -0.1) is 0 Å². The molecule has 38 heavy (non-hydrogen) atoms. The van der Waals surface area contributed by atoms with Gasteiger partial charge in [0.05, 0.1) is 23.5 Å². The maximum atomic E-state index is 13.7. The van der Waals surface area contributed by atoms with Gasteiger partial charge < -0.3 is 21.7 Å². The van der Waals surface area contributed by atoms with Gasteiger partial charge in [-0.1, -0.05) is 6.07 Å². The Hall–Kier alpha value is -3.77. The fourth-order valence-corrected chi connectivity index (χ4v) is 4.65. The minimum Gasteiger partial charge on any atom is -0.397 e. The van der Waals surface area contributed by atoms with Crippen molar-refractivity contribution in [3.8, 4) is 0 Å². The summed E-state index contributed by atoms with van der Waals surface area (Å²) in [5, 5.41) is 8.13. The van der Waals surface area contributed by atoms with Gasteiger partial charge in [0.1, 0.15) is 0 Å². The second-order valence-electron chi connectivity index (χ2n) is 9.82.